The van der Waals surface area contributed by atoms with Crippen LogP contribution < -0.4 is 5.32 Å². The molecule has 0 aromatic carbocycles. The van der Waals surface area contributed by atoms with Gasteiger partial charge in [-0.3, -0.25) is 14.8 Å². The zero-order chi connectivity index (χ0) is 15.2. The normalized spacial score (nSPS) is 17.3. The third-order valence-electron chi connectivity index (χ3n) is 3.41. The third-order valence-corrected chi connectivity index (χ3v) is 3.41. The van der Waals surface area contributed by atoms with Gasteiger partial charge in [0, 0.05) is 26.2 Å². The second kappa shape index (κ2) is 7.02. The van der Waals surface area contributed by atoms with Crippen LogP contribution in [0, 0.1) is 0 Å². The molecule has 2 heterocycles. The van der Waals surface area contributed by atoms with E-state index in [2.05, 4.69) is 30.1 Å². The van der Waals surface area contributed by atoms with Crippen molar-refractivity contribution in [2.24, 2.45) is 0 Å². The van der Waals surface area contributed by atoms with Crippen molar-refractivity contribution in [3.8, 4) is 0 Å². The maximum atomic E-state index is 12.2. The monoisotopic (exact) mass is 296 g/mol. The molecule has 21 heavy (non-hydrogen) atoms. The number of rotatable bonds is 4. The highest BCUT2D eigenvalue weighted by Gasteiger charge is 2.26. The Labute approximate surface area is 122 Å². The minimum atomic E-state index is -0.597. The van der Waals surface area contributed by atoms with Crippen molar-refractivity contribution >= 4 is 12.0 Å². The van der Waals surface area contributed by atoms with Crippen LogP contribution in [0.4, 0.5) is 4.79 Å². The number of hydrogen-bond acceptors (Lipinski definition) is 6. The lowest BCUT2D eigenvalue weighted by Gasteiger charge is -2.35. The SMILES string of the molecule is COC(=O)N[C@H](C)C(=O)N1CCN(Cc2ncn[nH]2)CC1. The van der Waals surface area contributed by atoms with Gasteiger partial charge < -0.3 is 15.0 Å². The first-order chi connectivity index (χ1) is 10.1. The average molecular weight is 296 g/mol. The molecule has 1 aliphatic rings. The number of alkyl carbamates (subject to hydrolysis) is 1. The Morgan fingerprint density at radius 3 is 2.71 bits per heavy atom. The van der Waals surface area contributed by atoms with E-state index in [0.717, 1.165) is 18.9 Å². The van der Waals surface area contributed by atoms with Gasteiger partial charge in [-0.2, -0.15) is 5.10 Å². The molecule has 9 nitrogen and oxygen atoms in total. The molecule has 2 amide bonds. The van der Waals surface area contributed by atoms with E-state index in [1.807, 2.05) is 0 Å². The molecule has 0 saturated carbocycles. The standard InChI is InChI=1S/C12H20N6O3/c1-9(15-12(20)21-2)11(19)18-5-3-17(4-6-18)7-10-13-8-14-16-10/h8-9H,3-7H2,1-2H3,(H,15,20)(H,13,14,16)/t9-/m1/s1. The van der Waals surface area contributed by atoms with Gasteiger partial charge in [0.15, 0.2) is 0 Å². The van der Waals surface area contributed by atoms with Crippen molar-refractivity contribution in [3.63, 3.8) is 0 Å². The van der Waals surface area contributed by atoms with Gasteiger partial charge in [-0.25, -0.2) is 9.78 Å². The Kier molecular flexibility index (Phi) is 5.09. The van der Waals surface area contributed by atoms with Crippen LogP contribution in [0.5, 0.6) is 0 Å². The van der Waals surface area contributed by atoms with Crippen molar-refractivity contribution in [1.29, 1.82) is 0 Å². The Morgan fingerprint density at radius 1 is 1.43 bits per heavy atom. The van der Waals surface area contributed by atoms with E-state index in [1.54, 1.807) is 11.8 Å². The molecule has 1 aromatic rings. The van der Waals surface area contributed by atoms with Gasteiger partial charge >= 0.3 is 6.09 Å². The third kappa shape index (κ3) is 4.15. The van der Waals surface area contributed by atoms with Crippen LogP contribution in [0.2, 0.25) is 0 Å². The molecule has 1 atom stereocenters. The van der Waals surface area contributed by atoms with E-state index < -0.39 is 12.1 Å². The number of ether oxygens (including phenoxy) is 1. The number of piperazine rings is 1. The number of nitrogens with zero attached hydrogens (tertiary/aromatic N) is 4. The van der Waals surface area contributed by atoms with Crippen LogP contribution >= 0.6 is 0 Å². The van der Waals surface area contributed by atoms with E-state index in [1.165, 1.54) is 13.4 Å². The molecule has 0 bridgehead atoms. The minimum absolute atomic E-state index is 0.0975. The van der Waals surface area contributed by atoms with Crippen molar-refractivity contribution in [3.05, 3.63) is 12.2 Å². The van der Waals surface area contributed by atoms with Crippen LogP contribution in [0.3, 0.4) is 0 Å². The van der Waals surface area contributed by atoms with Crippen molar-refractivity contribution in [2.75, 3.05) is 33.3 Å². The lowest BCUT2D eigenvalue weighted by atomic mass is 10.2. The van der Waals surface area contributed by atoms with Gasteiger partial charge in [-0.15, -0.1) is 0 Å². The molecule has 1 saturated heterocycles. The van der Waals surface area contributed by atoms with Crippen LogP contribution in [0.1, 0.15) is 12.7 Å². The van der Waals surface area contributed by atoms with Crippen molar-refractivity contribution < 1.29 is 14.3 Å². The van der Waals surface area contributed by atoms with Crippen LogP contribution in [-0.2, 0) is 16.1 Å². The number of carbonyl (C=O) groups excluding carboxylic acids is 2. The Bertz CT molecular complexity index is 469. The fourth-order valence-electron chi connectivity index (χ4n) is 2.22. The predicted octanol–water partition coefficient (Wildman–Crippen LogP) is -0.807. The van der Waals surface area contributed by atoms with Crippen LogP contribution in [0.15, 0.2) is 6.33 Å². The van der Waals surface area contributed by atoms with Gasteiger partial charge in [0.25, 0.3) is 0 Å². The first kappa shape index (κ1) is 15.2. The van der Waals surface area contributed by atoms with Crippen molar-refractivity contribution in [1.82, 2.24) is 30.3 Å². The molecule has 0 radical (unpaired) electrons. The maximum Gasteiger partial charge on any atom is 0.407 e. The largest absolute Gasteiger partial charge is 0.453 e. The lowest BCUT2D eigenvalue weighted by molar-refractivity contribution is -0.134. The summed E-state index contributed by atoms with van der Waals surface area (Å²) in [6, 6.07) is -0.585. The van der Waals surface area contributed by atoms with E-state index in [-0.39, 0.29) is 5.91 Å². The number of aromatic nitrogens is 3. The summed E-state index contributed by atoms with van der Waals surface area (Å²) >= 11 is 0. The summed E-state index contributed by atoms with van der Waals surface area (Å²) in [6.45, 7) is 5.12. The van der Waals surface area contributed by atoms with E-state index >= 15 is 0 Å². The maximum absolute atomic E-state index is 12.2. The smallest absolute Gasteiger partial charge is 0.407 e. The van der Waals surface area contributed by atoms with Gasteiger partial charge in [0.1, 0.15) is 18.2 Å². The molecule has 2 rings (SSSR count). The Hall–Kier alpha value is -2.16. The zero-order valence-electron chi connectivity index (χ0n) is 12.2. The van der Waals surface area contributed by atoms with Crippen LogP contribution in [0.25, 0.3) is 0 Å². The highest BCUT2D eigenvalue weighted by atomic mass is 16.5. The summed E-state index contributed by atoms with van der Waals surface area (Å²) in [5, 5.41) is 9.12. The molecule has 2 N–H and O–H groups in total. The molecule has 1 fully saturated rings. The van der Waals surface area contributed by atoms with Gasteiger partial charge in [-0.1, -0.05) is 0 Å². The van der Waals surface area contributed by atoms with Crippen LogP contribution in [-0.4, -0.2) is 76.3 Å². The first-order valence-corrected chi connectivity index (χ1v) is 6.80. The van der Waals surface area contributed by atoms with Gasteiger partial charge in [-0.05, 0) is 6.92 Å². The summed E-state index contributed by atoms with van der Waals surface area (Å²) < 4.78 is 4.49. The predicted molar refractivity (Wildman–Crippen MR) is 73.2 cm³/mol. The molecule has 9 heteroatoms. The molecule has 0 aliphatic carbocycles. The molecular formula is C12H20N6O3. The molecule has 0 unspecified atom stereocenters. The lowest BCUT2D eigenvalue weighted by Crippen LogP contribution is -2.53. The molecule has 1 aliphatic heterocycles. The van der Waals surface area contributed by atoms with Gasteiger partial charge in [0.05, 0.1) is 13.7 Å². The highest BCUT2D eigenvalue weighted by Crippen LogP contribution is 2.06. The topological polar surface area (TPSA) is 103 Å². The second-order valence-corrected chi connectivity index (χ2v) is 4.89. The first-order valence-electron chi connectivity index (χ1n) is 6.80. The summed E-state index contributed by atoms with van der Waals surface area (Å²) in [7, 11) is 1.27. The zero-order valence-corrected chi connectivity index (χ0v) is 12.2. The van der Waals surface area contributed by atoms with E-state index in [0.29, 0.717) is 19.6 Å². The number of methoxy groups -OCH3 is 1. The molecule has 116 valence electrons. The number of hydrogen-bond donors (Lipinski definition) is 2. The molecule has 1 aromatic heterocycles. The fraction of sp³-hybridized carbons (Fsp3) is 0.667. The number of H-pyrrole nitrogens is 1. The van der Waals surface area contributed by atoms with E-state index in [4.69, 9.17) is 0 Å². The van der Waals surface area contributed by atoms with E-state index in [9.17, 15) is 9.59 Å². The van der Waals surface area contributed by atoms with Crippen molar-refractivity contribution in [2.45, 2.75) is 19.5 Å². The minimum Gasteiger partial charge on any atom is -0.453 e. The quantitative estimate of drug-likeness (QED) is 0.753. The summed E-state index contributed by atoms with van der Waals surface area (Å²) in [5.74, 6) is 0.718. The average Bonchev–Trinajstić information content (AvgIpc) is 3.00. The highest BCUT2D eigenvalue weighted by molar-refractivity contribution is 5.85. The number of aromatic amines is 1. The Morgan fingerprint density at radius 2 is 2.14 bits per heavy atom. The summed E-state index contributed by atoms with van der Waals surface area (Å²) in [6.07, 6.45) is 0.884. The molecule has 0 spiro atoms. The number of carbonyl (C=O) groups is 2. The molecular weight excluding hydrogens is 276 g/mol. The number of nitrogens with one attached hydrogen (secondary N) is 2. The summed E-state index contributed by atoms with van der Waals surface area (Å²) in [4.78, 5) is 31.3. The summed E-state index contributed by atoms with van der Waals surface area (Å²) in [5.41, 5.74) is 0. The number of amides is 2. The Balaban J connectivity index is 1.77. The second-order valence-electron chi connectivity index (χ2n) is 4.89. The fourth-order valence-corrected chi connectivity index (χ4v) is 2.22. The van der Waals surface area contributed by atoms with Gasteiger partial charge in [0.2, 0.25) is 5.91 Å².